The van der Waals surface area contributed by atoms with E-state index in [1.807, 2.05) is 31.2 Å². The predicted molar refractivity (Wildman–Crippen MR) is 78.6 cm³/mol. The molecule has 0 saturated carbocycles. The van der Waals surface area contributed by atoms with Crippen molar-refractivity contribution in [1.29, 1.82) is 0 Å². The monoisotopic (exact) mass is 323 g/mol. The zero-order chi connectivity index (χ0) is 13.9. The summed E-state index contributed by atoms with van der Waals surface area (Å²) in [6.45, 7) is 1.77. The standard InChI is InChI=1S/C15H15BrFNO/c1-15(10-19,13-7-2-3-8-14(13)16)18-12-6-4-5-11(17)9-12/h2-9,18-19H,10H2,1H3. The fraction of sp³-hybridized carbons (Fsp3) is 0.200. The molecule has 4 heteroatoms. The summed E-state index contributed by atoms with van der Waals surface area (Å²) in [5.41, 5.74) is 0.863. The molecule has 2 aromatic carbocycles. The summed E-state index contributed by atoms with van der Waals surface area (Å²) in [6.07, 6.45) is 0. The summed E-state index contributed by atoms with van der Waals surface area (Å²) >= 11 is 3.48. The number of hydrogen-bond acceptors (Lipinski definition) is 2. The number of anilines is 1. The Kier molecular flexibility index (Phi) is 4.22. The Morgan fingerprint density at radius 1 is 1.21 bits per heavy atom. The van der Waals surface area contributed by atoms with Gasteiger partial charge in [0, 0.05) is 10.2 Å². The molecule has 0 amide bonds. The molecule has 0 bridgehead atoms. The van der Waals surface area contributed by atoms with Crippen molar-refractivity contribution in [2.45, 2.75) is 12.5 Å². The first-order valence-corrected chi connectivity index (χ1v) is 6.74. The van der Waals surface area contributed by atoms with Gasteiger partial charge in [0.05, 0.1) is 12.1 Å². The van der Waals surface area contributed by atoms with Crippen molar-refractivity contribution in [2.24, 2.45) is 0 Å². The van der Waals surface area contributed by atoms with Crippen molar-refractivity contribution in [2.75, 3.05) is 11.9 Å². The van der Waals surface area contributed by atoms with E-state index in [4.69, 9.17) is 0 Å². The second-order valence-corrected chi connectivity index (χ2v) is 5.46. The SMILES string of the molecule is CC(CO)(Nc1cccc(F)c1)c1ccccc1Br. The van der Waals surface area contributed by atoms with Gasteiger partial charge in [0.1, 0.15) is 5.82 Å². The minimum Gasteiger partial charge on any atom is -0.394 e. The van der Waals surface area contributed by atoms with E-state index in [1.54, 1.807) is 12.1 Å². The number of benzene rings is 2. The van der Waals surface area contributed by atoms with E-state index < -0.39 is 5.54 Å². The van der Waals surface area contributed by atoms with Crippen LogP contribution in [-0.4, -0.2) is 11.7 Å². The Morgan fingerprint density at radius 2 is 1.95 bits per heavy atom. The van der Waals surface area contributed by atoms with Gasteiger partial charge in [0.25, 0.3) is 0 Å². The highest BCUT2D eigenvalue weighted by Crippen LogP contribution is 2.31. The third kappa shape index (κ3) is 3.14. The Hall–Kier alpha value is -1.39. The molecule has 2 N–H and O–H groups in total. The molecule has 19 heavy (non-hydrogen) atoms. The van der Waals surface area contributed by atoms with Gasteiger partial charge in [-0.2, -0.15) is 0 Å². The van der Waals surface area contributed by atoms with Crippen LogP contribution in [0.4, 0.5) is 10.1 Å². The first-order valence-electron chi connectivity index (χ1n) is 5.95. The van der Waals surface area contributed by atoms with Crippen LogP contribution in [0.15, 0.2) is 53.0 Å². The summed E-state index contributed by atoms with van der Waals surface area (Å²) in [6, 6.07) is 13.9. The zero-order valence-corrected chi connectivity index (χ0v) is 12.1. The lowest BCUT2D eigenvalue weighted by Gasteiger charge is -2.31. The number of hydrogen-bond donors (Lipinski definition) is 2. The van der Waals surface area contributed by atoms with Crippen LogP contribution in [0.25, 0.3) is 0 Å². The number of aliphatic hydroxyl groups excluding tert-OH is 1. The number of rotatable bonds is 4. The minimum absolute atomic E-state index is 0.105. The van der Waals surface area contributed by atoms with Crippen LogP contribution in [-0.2, 0) is 5.54 Å². The molecular weight excluding hydrogens is 309 g/mol. The molecule has 0 fully saturated rings. The predicted octanol–water partition coefficient (Wildman–Crippen LogP) is 3.91. The van der Waals surface area contributed by atoms with Gasteiger partial charge in [-0.1, -0.05) is 40.2 Å². The van der Waals surface area contributed by atoms with E-state index in [1.165, 1.54) is 12.1 Å². The Bertz CT molecular complexity index is 576. The number of halogens is 2. The highest BCUT2D eigenvalue weighted by molar-refractivity contribution is 9.10. The summed E-state index contributed by atoms with van der Waals surface area (Å²) in [5, 5.41) is 12.9. The molecular formula is C15H15BrFNO. The third-order valence-corrected chi connectivity index (χ3v) is 3.72. The summed E-state index contributed by atoms with van der Waals surface area (Å²) in [5.74, 6) is -0.308. The fourth-order valence-electron chi connectivity index (χ4n) is 1.99. The van der Waals surface area contributed by atoms with Crippen LogP contribution in [0.5, 0.6) is 0 Å². The van der Waals surface area contributed by atoms with Gasteiger partial charge in [-0.15, -0.1) is 0 Å². The van der Waals surface area contributed by atoms with E-state index in [0.717, 1.165) is 10.0 Å². The van der Waals surface area contributed by atoms with Gasteiger partial charge in [0.2, 0.25) is 0 Å². The van der Waals surface area contributed by atoms with Crippen LogP contribution in [0.3, 0.4) is 0 Å². The highest BCUT2D eigenvalue weighted by Gasteiger charge is 2.27. The quantitative estimate of drug-likeness (QED) is 0.894. The maximum absolute atomic E-state index is 13.2. The molecule has 0 aliphatic carbocycles. The van der Waals surface area contributed by atoms with E-state index in [0.29, 0.717) is 5.69 Å². The van der Waals surface area contributed by atoms with Gasteiger partial charge in [-0.05, 0) is 36.8 Å². The molecule has 0 heterocycles. The van der Waals surface area contributed by atoms with Gasteiger partial charge < -0.3 is 10.4 Å². The topological polar surface area (TPSA) is 32.3 Å². The smallest absolute Gasteiger partial charge is 0.125 e. The average molecular weight is 324 g/mol. The Labute approximate surface area is 120 Å². The van der Waals surface area contributed by atoms with Gasteiger partial charge in [0.15, 0.2) is 0 Å². The summed E-state index contributed by atoms with van der Waals surface area (Å²) in [7, 11) is 0. The van der Waals surface area contributed by atoms with Crippen LogP contribution in [0.1, 0.15) is 12.5 Å². The van der Waals surface area contributed by atoms with Crippen molar-refractivity contribution >= 4 is 21.6 Å². The van der Waals surface area contributed by atoms with Crippen molar-refractivity contribution in [1.82, 2.24) is 0 Å². The van der Waals surface area contributed by atoms with Gasteiger partial charge >= 0.3 is 0 Å². The molecule has 0 aromatic heterocycles. The lowest BCUT2D eigenvalue weighted by Crippen LogP contribution is -2.36. The number of nitrogens with one attached hydrogen (secondary N) is 1. The molecule has 0 aliphatic heterocycles. The molecule has 1 unspecified atom stereocenters. The van der Waals surface area contributed by atoms with Gasteiger partial charge in [-0.25, -0.2) is 4.39 Å². The fourth-order valence-corrected chi connectivity index (χ4v) is 2.71. The maximum atomic E-state index is 13.2. The zero-order valence-electron chi connectivity index (χ0n) is 10.5. The van der Waals surface area contributed by atoms with Crippen LogP contribution in [0, 0.1) is 5.82 Å². The normalized spacial score (nSPS) is 13.9. The average Bonchev–Trinajstić information content (AvgIpc) is 2.39. The van der Waals surface area contributed by atoms with Crippen molar-refractivity contribution < 1.29 is 9.50 Å². The summed E-state index contributed by atoms with van der Waals surface area (Å²) in [4.78, 5) is 0. The van der Waals surface area contributed by atoms with Gasteiger partial charge in [-0.3, -0.25) is 0 Å². The van der Waals surface area contributed by atoms with Crippen LogP contribution in [0.2, 0.25) is 0 Å². The largest absolute Gasteiger partial charge is 0.394 e. The molecule has 2 aromatic rings. The minimum atomic E-state index is -0.687. The Balaban J connectivity index is 2.36. The van der Waals surface area contributed by atoms with Crippen molar-refractivity contribution in [3.63, 3.8) is 0 Å². The lowest BCUT2D eigenvalue weighted by atomic mass is 9.92. The molecule has 0 spiro atoms. The second-order valence-electron chi connectivity index (χ2n) is 4.61. The molecule has 0 aliphatic rings. The molecule has 2 rings (SSSR count). The lowest BCUT2D eigenvalue weighted by molar-refractivity contribution is 0.223. The number of aliphatic hydroxyl groups is 1. The van der Waals surface area contributed by atoms with Crippen LogP contribution < -0.4 is 5.32 Å². The molecule has 0 saturated heterocycles. The van der Waals surface area contributed by atoms with E-state index in [-0.39, 0.29) is 12.4 Å². The van der Waals surface area contributed by atoms with E-state index in [9.17, 15) is 9.50 Å². The first-order chi connectivity index (χ1) is 9.05. The van der Waals surface area contributed by atoms with E-state index >= 15 is 0 Å². The molecule has 0 radical (unpaired) electrons. The highest BCUT2D eigenvalue weighted by atomic mass is 79.9. The van der Waals surface area contributed by atoms with Crippen molar-refractivity contribution in [3.8, 4) is 0 Å². The maximum Gasteiger partial charge on any atom is 0.125 e. The first kappa shape index (κ1) is 14.0. The third-order valence-electron chi connectivity index (χ3n) is 3.03. The molecule has 2 nitrogen and oxygen atoms in total. The van der Waals surface area contributed by atoms with E-state index in [2.05, 4.69) is 21.2 Å². The molecule has 100 valence electrons. The Morgan fingerprint density at radius 3 is 2.58 bits per heavy atom. The van der Waals surface area contributed by atoms with Crippen LogP contribution >= 0.6 is 15.9 Å². The van der Waals surface area contributed by atoms with Crippen molar-refractivity contribution in [3.05, 3.63) is 64.4 Å². The summed E-state index contributed by atoms with van der Waals surface area (Å²) < 4.78 is 14.1. The molecule has 1 atom stereocenters. The second kappa shape index (κ2) is 5.72.